The Bertz CT molecular complexity index is 478. The fourth-order valence-corrected chi connectivity index (χ4v) is 4.81. The van der Waals surface area contributed by atoms with E-state index >= 15 is 0 Å². The average molecular weight is 305 g/mol. The lowest BCUT2D eigenvalue weighted by atomic mass is 10.0. The van der Waals surface area contributed by atoms with Gasteiger partial charge >= 0.3 is 0 Å². The third kappa shape index (κ3) is 4.02. The van der Waals surface area contributed by atoms with Gasteiger partial charge in [-0.2, -0.15) is 4.31 Å². The Morgan fingerprint density at radius 1 is 1.32 bits per heavy atom. The number of thiophene rings is 1. The van der Waals surface area contributed by atoms with E-state index in [1.54, 1.807) is 11.4 Å². The smallest absolute Gasteiger partial charge is 0.252 e. The van der Waals surface area contributed by atoms with Crippen molar-refractivity contribution in [2.75, 3.05) is 13.1 Å². The fraction of sp³-hybridized carbons (Fsp3) is 0.692. The first-order valence-electron chi connectivity index (χ1n) is 6.67. The van der Waals surface area contributed by atoms with Crippen LogP contribution in [0.5, 0.6) is 0 Å². The van der Waals surface area contributed by atoms with Gasteiger partial charge in [0.05, 0.1) is 6.61 Å². The van der Waals surface area contributed by atoms with E-state index in [0.29, 0.717) is 28.8 Å². The maximum absolute atomic E-state index is 12.5. The summed E-state index contributed by atoms with van der Waals surface area (Å²) >= 11 is 1.18. The zero-order chi connectivity index (χ0) is 14.5. The van der Waals surface area contributed by atoms with Gasteiger partial charge in [-0.15, -0.1) is 11.3 Å². The van der Waals surface area contributed by atoms with Gasteiger partial charge in [0.1, 0.15) is 4.21 Å². The van der Waals surface area contributed by atoms with Crippen LogP contribution >= 0.6 is 11.3 Å². The van der Waals surface area contributed by atoms with E-state index in [4.69, 9.17) is 5.11 Å². The van der Waals surface area contributed by atoms with E-state index in [9.17, 15) is 8.42 Å². The van der Waals surface area contributed by atoms with Gasteiger partial charge in [0.25, 0.3) is 10.0 Å². The van der Waals surface area contributed by atoms with Crippen molar-refractivity contribution in [3.8, 4) is 0 Å². The molecule has 110 valence electrons. The van der Waals surface area contributed by atoms with Crippen molar-refractivity contribution in [3.63, 3.8) is 0 Å². The van der Waals surface area contributed by atoms with Crippen molar-refractivity contribution in [3.05, 3.63) is 17.0 Å². The Morgan fingerprint density at radius 3 is 2.37 bits per heavy atom. The van der Waals surface area contributed by atoms with E-state index in [2.05, 4.69) is 13.8 Å². The van der Waals surface area contributed by atoms with Crippen LogP contribution in [0, 0.1) is 5.92 Å². The molecule has 1 N–H and O–H groups in total. The van der Waals surface area contributed by atoms with Crippen LogP contribution in [-0.2, 0) is 16.6 Å². The molecule has 0 spiro atoms. The lowest BCUT2D eigenvalue weighted by Gasteiger charge is -2.24. The number of sulfonamides is 1. The van der Waals surface area contributed by atoms with Crippen LogP contribution in [0.15, 0.2) is 15.7 Å². The molecule has 0 amide bonds. The molecule has 4 nitrogen and oxygen atoms in total. The molecule has 19 heavy (non-hydrogen) atoms. The Hall–Kier alpha value is -0.430. The number of rotatable bonds is 8. The summed E-state index contributed by atoms with van der Waals surface area (Å²) in [5, 5.41) is 10.7. The SMILES string of the molecule is CCC(CC)CN(CC)S(=O)(=O)c1cc(CO)cs1. The minimum atomic E-state index is -3.41. The molecular weight excluding hydrogens is 282 g/mol. The molecule has 1 heterocycles. The Kier molecular flexibility index (Phi) is 6.46. The summed E-state index contributed by atoms with van der Waals surface area (Å²) in [6.07, 6.45) is 1.96. The number of aliphatic hydroxyl groups is 1. The molecule has 6 heteroatoms. The van der Waals surface area contributed by atoms with Gasteiger partial charge in [-0.25, -0.2) is 8.42 Å². The van der Waals surface area contributed by atoms with E-state index in [-0.39, 0.29) is 6.61 Å². The molecule has 0 atom stereocenters. The maximum Gasteiger partial charge on any atom is 0.252 e. The molecule has 0 aliphatic heterocycles. The van der Waals surface area contributed by atoms with E-state index in [0.717, 1.165) is 12.8 Å². The van der Waals surface area contributed by atoms with Gasteiger partial charge in [0, 0.05) is 13.1 Å². The molecule has 1 aromatic rings. The summed E-state index contributed by atoms with van der Waals surface area (Å²) in [5.41, 5.74) is 0.655. The van der Waals surface area contributed by atoms with Crippen LogP contribution in [0.1, 0.15) is 39.2 Å². The van der Waals surface area contributed by atoms with Crippen LogP contribution in [0.2, 0.25) is 0 Å². The van der Waals surface area contributed by atoms with Crippen LogP contribution in [0.3, 0.4) is 0 Å². The van der Waals surface area contributed by atoms with E-state index < -0.39 is 10.0 Å². The molecule has 0 fully saturated rings. The second-order valence-corrected chi connectivity index (χ2v) is 7.65. The minimum absolute atomic E-state index is 0.120. The number of aliphatic hydroxyl groups excluding tert-OH is 1. The lowest BCUT2D eigenvalue weighted by Crippen LogP contribution is -2.34. The summed E-state index contributed by atoms with van der Waals surface area (Å²) in [4.78, 5) is 0. The number of hydrogen-bond donors (Lipinski definition) is 1. The van der Waals surface area contributed by atoms with E-state index in [1.807, 2.05) is 6.92 Å². The summed E-state index contributed by atoms with van der Waals surface area (Å²) in [5.74, 6) is 0.395. The number of nitrogens with zero attached hydrogens (tertiary/aromatic N) is 1. The lowest BCUT2D eigenvalue weighted by molar-refractivity contribution is 0.282. The second-order valence-electron chi connectivity index (χ2n) is 4.57. The Morgan fingerprint density at radius 2 is 1.95 bits per heavy atom. The van der Waals surface area contributed by atoms with Crippen molar-refractivity contribution >= 4 is 21.4 Å². The van der Waals surface area contributed by atoms with Crippen LogP contribution in [0.25, 0.3) is 0 Å². The summed E-state index contributed by atoms with van der Waals surface area (Å²) < 4.78 is 26.9. The predicted octanol–water partition coefficient (Wildman–Crippen LogP) is 2.69. The normalized spacial score (nSPS) is 12.5. The van der Waals surface area contributed by atoms with Crippen molar-refractivity contribution < 1.29 is 13.5 Å². The largest absolute Gasteiger partial charge is 0.392 e. The highest BCUT2D eigenvalue weighted by atomic mass is 32.2. The average Bonchev–Trinajstić information content (AvgIpc) is 2.89. The zero-order valence-electron chi connectivity index (χ0n) is 11.8. The summed E-state index contributed by atoms with van der Waals surface area (Å²) in [6.45, 7) is 6.96. The molecule has 0 unspecified atom stereocenters. The van der Waals surface area contributed by atoms with Gasteiger partial charge in [0.2, 0.25) is 0 Å². The Labute approximate surface area is 120 Å². The van der Waals surface area contributed by atoms with E-state index in [1.165, 1.54) is 15.6 Å². The first-order chi connectivity index (χ1) is 8.99. The molecule has 0 bridgehead atoms. The van der Waals surface area contributed by atoms with Crippen molar-refractivity contribution in [2.45, 2.75) is 44.4 Å². The van der Waals surface area contributed by atoms with Gasteiger partial charge in [-0.05, 0) is 22.9 Å². The summed E-state index contributed by atoms with van der Waals surface area (Å²) in [7, 11) is -3.41. The van der Waals surface area contributed by atoms with Gasteiger partial charge in [-0.1, -0.05) is 33.6 Å². The standard InChI is InChI=1S/C13H23NO3S2/c1-4-11(5-2)8-14(6-3)19(16,17)13-7-12(9-15)10-18-13/h7,10-11,15H,4-6,8-9H2,1-3H3. The molecule has 0 radical (unpaired) electrons. The molecule has 0 aromatic carbocycles. The minimum Gasteiger partial charge on any atom is -0.392 e. The van der Waals surface area contributed by atoms with Crippen molar-refractivity contribution in [1.82, 2.24) is 4.31 Å². The first-order valence-corrected chi connectivity index (χ1v) is 8.99. The van der Waals surface area contributed by atoms with Crippen molar-refractivity contribution in [2.24, 2.45) is 5.92 Å². The quantitative estimate of drug-likeness (QED) is 0.803. The third-order valence-electron chi connectivity index (χ3n) is 3.38. The molecular formula is C13H23NO3S2. The van der Waals surface area contributed by atoms with Crippen LogP contribution in [-0.4, -0.2) is 30.9 Å². The fourth-order valence-electron chi connectivity index (χ4n) is 1.93. The highest BCUT2D eigenvalue weighted by Crippen LogP contribution is 2.25. The van der Waals surface area contributed by atoms with Gasteiger partial charge in [-0.3, -0.25) is 0 Å². The van der Waals surface area contributed by atoms with Crippen LogP contribution in [0.4, 0.5) is 0 Å². The second kappa shape index (κ2) is 7.38. The highest BCUT2D eigenvalue weighted by molar-refractivity contribution is 7.91. The third-order valence-corrected chi connectivity index (χ3v) is 6.78. The molecule has 0 aliphatic rings. The number of hydrogen-bond acceptors (Lipinski definition) is 4. The van der Waals surface area contributed by atoms with Crippen molar-refractivity contribution in [1.29, 1.82) is 0 Å². The van der Waals surface area contributed by atoms with Gasteiger partial charge in [0.15, 0.2) is 0 Å². The summed E-state index contributed by atoms with van der Waals surface area (Å²) in [6, 6.07) is 1.57. The van der Waals surface area contributed by atoms with Crippen LogP contribution < -0.4 is 0 Å². The topological polar surface area (TPSA) is 57.6 Å². The predicted molar refractivity (Wildman–Crippen MR) is 78.7 cm³/mol. The molecule has 1 rings (SSSR count). The molecule has 0 aliphatic carbocycles. The maximum atomic E-state index is 12.5. The van der Waals surface area contributed by atoms with Gasteiger partial charge < -0.3 is 5.11 Å². The molecule has 0 saturated heterocycles. The monoisotopic (exact) mass is 305 g/mol. The first kappa shape index (κ1) is 16.6. The highest BCUT2D eigenvalue weighted by Gasteiger charge is 2.26. The molecule has 0 saturated carbocycles. The zero-order valence-corrected chi connectivity index (χ0v) is 13.4. The molecule has 1 aromatic heterocycles. The Balaban J connectivity index is 2.95.